The Morgan fingerprint density at radius 1 is 0.758 bits per heavy atom. The smallest absolute Gasteiger partial charge is 0.471 e. The lowest BCUT2D eigenvalue weighted by Crippen LogP contribution is -2.99. The summed E-state index contributed by atoms with van der Waals surface area (Å²) in [7, 11) is 0. The predicted molar refractivity (Wildman–Crippen MR) is 96.6 cm³/mol. The van der Waals surface area contributed by atoms with Crippen molar-refractivity contribution in [2.24, 2.45) is 0 Å². The molecule has 180 valence electrons. The van der Waals surface area contributed by atoms with Gasteiger partial charge in [0.15, 0.2) is 11.4 Å². The average molecular weight is 484 g/mol. The van der Waals surface area contributed by atoms with E-state index in [4.69, 9.17) is 0 Å². The third kappa shape index (κ3) is 6.85. The van der Waals surface area contributed by atoms with E-state index in [0.717, 1.165) is 36.4 Å². The number of carbonyl (C=O) groups is 2. The number of amides is 2. The zero-order valence-corrected chi connectivity index (χ0v) is 16.0. The van der Waals surface area contributed by atoms with E-state index in [0.29, 0.717) is 0 Å². The zero-order valence-electron chi connectivity index (χ0n) is 16.0. The lowest BCUT2D eigenvalue weighted by molar-refractivity contribution is -0.990. The molecule has 0 aliphatic rings. The van der Waals surface area contributed by atoms with E-state index in [-0.39, 0.29) is 17.5 Å². The molecule has 0 aromatic heterocycles. The van der Waals surface area contributed by atoms with Gasteiger partial charge in [-0.15, -0.1) is 0 Å². The summed E-state index contributed by atoms with van der Waals surface area (Å²) in [6, 6.07) is 6.01. The molecule has 0 spiro atoms. The standard InChI is InChI=1S/C17H14F6N4O6/c18-16(19,20)14(28)24-10-3-1-8(6-12(10)26(30)31)5-9-2-4-11(13(7-9)27(32)33)25-15(29)17(21,22)23/h1-4,6-7,26-27,30,32H,5H2,(H,24,28)(H,25,29). The first-order chi connectivity index (χ1) is 15.1. The van der Waals surface area contributed by atoms with E-state index in [2.05, 4.69) is 0 Å². The molecular weight excluding hydrogens is 470 g/mol. The largest absolute Gasteiger partial charge is 0.595 e. The SMILES string of the molecule is O=C(Nc1ccc(Cc2ccc(NC(=O)C(F)(F)F)c([NH+]([O-])O)c2)cc1[NH+]([O-])O)C(F)(F)F. The fraction of sp³-hybridized carbons (Fsp3) is 0.176. The molecule has 0 saturated carbocycles. The molecule has 6 N–H and O–H groups in total. The van der Waals surface area contributed by atoms with E-state index in [9.17, 15) is 56.8 Å². The number of halogens is 6. The summed E-state index contributed by atoms with van der Waals surface area (Å²) < 4.78 is 74.5. The van der Waals surface area contributed by atoms with Gasteiger partial charge in [-0.1, -0.05) is 12.1 Å². The highest BCUT2D eigenvalue weighted by Crippen LogP contribution is 2.27. The Hall–Kier alpha value is -3.28. The Balaban J connectivity index is 2.32. The highest BCUT2D eigenvalue weighted by molar-refractivity contribution is 5.97. The molecule has 0 fully saturated rings. The van der Waals surface area contributed by atoms with Gasteiger partial charge in [0, 0.05) is 12.1 Å². The molecule has 2 aromatic carbocycles. The molecule has 0 bridgehead atoms. The number of nitrogens with one attached hydrogen (secondary N) is 4. The zero-order chi connectivity index (χ0) is 25.1. The molecule has 0 radical (unpaired) electrons. The van der Waals surface area contributed by atoms with Gasteiger partial charge in [-0.3, -0.25) is 9.59 Å². The van der Waals surface area contributed by atoms with E-state index >= 15 is 0 Å². The molecule has 10 nitrogen and oxygen atoms in total. The van der Waals surface area contributed by atoms with Crippen molar-refractivity contribution < 1.29 is 56.8 Å². The number of benzene rings is 2. The van der Waals surface area contributed by atoms with Crippen molar-refractivity contribution in [2.75, 3.05) is 10.6 Å². The second-order valence-corrected chi connectivity index (χ2v) is 6.45. The van der Waals surface area contributed by atoms with Crippen LogP contribution >= 0.6 is 0 Å². The Kier molecular flexibility index (Phi) is 7.63. The van der Waals surface area contributed by atoms with E-state index in [1.165, 1.54) is 10.6 Å². The molecule has 0 aliphatic carbocycles. The van der Waals surface area contributed by atoms with Crippen molar-refractivity contribution in [3.05, 3.63) is 57.9 Å². The maximum absolute atomic E-state index is 12.4. The monoisotopic (exact) mass is 484 g/mol. The second-order valence-electron chi connectivity index (χ2n) is 6.45. The number of quaternary nitrogens is 2. The quantitative estimate of drug-likeness (QED) is 0.267. The first-order valence-electron chi connectivity index (χ1n) is 8.58. The second kappa shape index (κ2) is 9.69. The normalized spacial score (nSPS) is 13.9. The third-order valence-electron chi connectivity index (χ3n) is 4.05. The van der Waals surface area contributed by atoms with Crippen LogP contribution in [0, 0.1) is 10.4 Å². The Labute approximate surface area is 179 Å². The fourth-order valence-corrected chi connectivity index (χ4v) is 2.60. The summed E-state index contributed by atoms with van der Waals surface area (Å²) in [4.78, 5) is 22.1. The van der Waals surface area contributed by atoms with Crippen molar-refractivity contribution in [2.45, 2.75) is 18.8 Å². The lowest BCUT2D eigenvalue weighted by Gasteiger charge is -2.19. The van der Waals surface area contributed by atoms with Gasteiger partial charge in [0.25, 0.3) is 0 Å². The van der Waals surface area contributed by atoms with Gasteiger partial charge >= 0.3 is 24.2 Å². The predicted octanol–water partition coefficient (Wildman–Crippen LogP) is 1.09. The fourth-order valence-electron chi connectivity index (χ4n) is 2.60. The average Bonchev–Trinajstić information content (AvgIpc) is 2.68. The van der Waals surface area contributed by atoms with Crippen LogP contribution in [-0.4, -0.2) is 34.6 Å². The number of alkyl halides is 6. The van der Waals surface area contributed by atoms with Crippen molar-refractivity contribution >= 4 is 34.6 Å². The molecule has 2 aromatic rings. The van der Waals surface area contributed by atoms with Gasteiger partial charge in [-0.2, -0.15) is 36.8 Å². The van der Waals surface area contributed by atoms with Crippen LogP contribution in [0.25, 0.3) is 0 Å². The van der Waals surface area contributed by atoms with Gasteiger partial charge in [-0.05, 0) is 29.7 Å². The molecule has 2 unspecified atom stereocenters. The van der Waals surface area contributed by atoms with Crippen LogP contribution < -0.4 is 21.1 Å². The van der Waals surface area contributed by atoms with Crippen LogP contribution in [0.3, 0.4) is 0 Å². The number of rotatable bonds is 6. The van der Waals surface area contributed by atoms with Crippen molar-refractivity contribution in [1.29, 1.82) is 0 Å². The summed E-state index contributed by atoms with van der Waals surface area (Å²) in [5.41, 5.74) is -2.30. The summed E-state index contributed by atoms with van der Waals surface area (Å²) in [6.45, 7) is 0. The molecule has 0 saturated heterocycles. The topological polar surface area (TPSA) is 154 Å². The molecule has 0 aliphatic heterocycles. The minimum Gasteiger partial charge on any atom is -0.595 e. The Morgan fingerprint density at radius 3 is 1.36 bits per heavy atom. The van der Waals surface area contributed by atoms with Crippen molar-refractivity contribution in [1.82, 2.24) is 0 Å². The highest BCUT2D eigenvalue weighted by atomic mass is 19.4. The first kappa shape index (κ1) is 26.0. The Morgan fingerprint density at radius 2 is 1.09 bits per heavy atom. The van der Waals surface area contributed by atoms with Gasteiger partial charge in [0.05, 0.1) is 0 Å². The molecule has 2 amide bonds. The maximum Gasteiger partial charge on any atom is 0.471 e. The van der Waals surface area contributed by atoms with Gasteiger partial charge in [-0.25, -0.2) is 10.4 Å². The van der Waals surface area contributed by atoms with E-state index in [1.807, 2.05) is 0 Å². The minimum atomic E-state index is -5.26. The van der Waals surface area contributed by atoms with Crippen LogP contribution in [0.4, 0.5) is 49.1 Å². The number of hydrogen-bond acceptors (Lipinski definition) is 6. The summed E-state index contributed by atoms with van der Waals surface area (Å²) in [5, 5.41) is 40.8. The van der Waals surface area contributed by atoms with Gasteiger partial charge < -0.3 is 21.0 Å². The Bertz CT molecular complexity index is 960. The number of carbonyl (C=O) groups excluding carboxylic acids is 2. The molecule has 16 heteroatoms. The maximum atomic E-state index is 12.4. The van der Waals surface area contributed by atoms with Crippen molar-refractivity contribution in [3.8, 4) is 0 Å². The van der Waals surface area contributed by atoms with Crippen LogP contribution in [0.2, 0.25) is 0 Å². The van der Waals surface area contributed by atoms with E-state index < -0.39 is 57.4 Å². The van der Waals surface area contributed by atoms with Crippen molar-refractivity contribution in [3.63, 3.8) is 0 Å². The first-order valence-corrected chi connectivity index (χ1v) is 8.58. The third-order valence-corrected chi connectivity index (χ3v) is 4.05. The summed E-state index contributed by atoms with van der Waals surface area (Å²) >= 11 is 0. The molecule has 33 heavy (non-hydrogen) atoms. The lowest BCUT2D eigenvalue weighted by atomic mass is 10.0. The van der Waals surface area contributed by atoms with Gasteiger partial charge in [0.1, 0.15) is 11.4 Å². The van der Waals surface area contributed by atoms with E-state index in [1.54, 1.807) is 0 Å². The molecule has 0 heterocycles. The molecular formula is C17H14F6N4O6. The number of hydrogen-bond donors (Lipinski definition) is 6. The van der Waals surface area contributed by atoms with Crippen LogP contribution in [0.5, 0.6) is 0 Å². The summed E-state index contributed by atoms with van der Waals surface area (Å²) in [6.07, 6.45) is -10.7. The molecule has 2 atom stereocenters. The van der Waals surface area contributed by atoms with Crippen LogP contribution in [0.15, 0.2) is 36.4 Å². The van der Waals surface area contributed by atoms with Crippen LogP contribution in [0.1, 0.15) is 11.1 Å². The molecule has 2 rings (SSSR count). The van der Waals surface area contributed by atoms with Crippen LogP contribution in [-0.2, 0) is 16.0 Å². The minimum absolute atomic E-state index is 0.167. The summed E-state index contributed by atoms with van der Waals surface area (Å²) in [5.74, 6) is -4.78. The number of anilines is 2. The highest BCUT2D eigenvalue weighted by Gasteiger charge is 2.40. The van der Waals surface area contributed by atoms with Gasteiger partial charge in [0.2, 0.25) is 0 Å².